The minimum absolute atomic E-state index is 0.189. The summed E-state index contributed by atoms with van der Waals surface area (Å²) in [7, 11) is -3.54. The zero-order chi connectivity index (χ0) is 15.3. The van der Waals surface area contributed by atoms with Crippen LogP contribution < -0.4 is 10.0 Å². The van der Waals surface area contributed by atoms with Gasteiger partial charge in [0.25, 0.3) is 0 Å². The Morgan fingerprint density at radius 2 is 2.24 bits per heavy atom. The summed E-state index contributed by atoms with van der Waals surface area (Å²) in [6.45, 7) is 3.86. The number of nitrogens with one attached hydrogen (secondary N) is 3. The maximum absolute atomic E-state index is 12.3. The van der Waals surface area contributed by atoms with Gasteiger partial charge in [-0.1, -0.05) is 6.92 Å². The maximum atomic E-state index is 12.3. The van der Waals surface area contributed by atoms with E-state index < -0.39 is 10.0 Å². The summed E-state index contributed by atoms with van der Waals surface area (Å²) < 4.78 is 27.8. The topological polar surface area (TPSA) is 86.9 Å². The van der Waals surface area contributed by atoms with Crippen molar-refractivity contribution in [1.82, 2.24) is 20.0 Å². The lowest BCUT2D eigenvalue weighted by Gasteiger charge is -2.04. The van der Waals surface area contributed by atoms with E-state index in [0.29, 0.717) is 10.3 Å². The van der Waals surface area contributed by atoms with Crippen LogP contribution in [0.3, 0.4) is 0 Å². The molecule has 21 heavy (non-hydrogen) atoms. The highest BCUT2D eigenvalue weighted by atomic mass is 79.9. The quantitative estimate of drug-likeness (QED) is 0.601. The largest absolute Gasteiger partial charge is 0.347 e. The predicted octanol–water partition coefficient (Wildman–Crippen LogP) is 2.21. The lowest BCUT2D eigenvalue weighted by atomic mass is 10.4. The SMILES string of the molecule is CCCNCc1cc(S(=O)(=O)NCc2cnc[nH]2)c(Br)s1. The van der Waals surface area contributed by atoms with Crippen LogP contribution in [0.2, 0.25) is 0 Å². The van der Waals surface area contributed by atoms with Crippen molar-refractivity contribution in [2.75, 3.05) is 6.54 Å². The molecule has 0 unspecified atom stereocenters. The lowest BCUT2D eigenvalue weighted by molar-refractivity contribution is 0.580. The molecule has 0 aliphatic rings. The van der Waals surface area contributed by atoms with Crippen molar-refractivity contribution in [3.63, 3.8) is 0 Å². The van der Waals surface area contributed by atoms with Crippen LogP contribution in [-0.2, 0) is 23.1 Å². The number of halogens is 1. The van der Waals surface area contributed by atoms with Crippen molar-refractivity contribution in [3.8, 4) is 0 Å². The van der Waals surface area contributed by atoms with E-state index in [0.717, 1.165) is 23.5 Å². The van der Waals surface area contributed by atoms with Gasteiger partial charge in [-0.15, -0.1) is 11.3 Å². The van der Waals surface area contributed by atoms with Crippen LogP contribution in [0.5, 0.6) is 0 Å². The van der Waals surface area contributed by atoms with Crippen molar-refractivity contribution < 1.29 is 8.42 Å². The van der Waals surface area contributed by atoms with Gasteiger partial charge in [-0.25, -0.2) is 18.1 Å². The van der Waals surface area contributed by atoms with E-state index in [1.54, 1.807) is 12.3 Å². The van der Waals surface area contributed by atoms with Crippen LogP contribution in [-0.4, -0.2) is 24.9 Å². The molecular formula is C12H17BrN4O2S2. The van der Waals surface area contributed by atoms with Gasteiger partial charge in [-0.2, -0.15) is 0 Å². The van der Waals surface area contributed by atoms with Crippen molar-refractivity contribution in [1.29, 1.82) is 0 Å². The first-order valence-electron chi connectivity index (χ1n) is 6.48. The fraction of sp³-hybridized carbons (Fsp3) is 0.417. The van der Waals surface area contributed by atoms with Crippen LogP contribution in [0.4, 0.5) is 0 Å². The number of aromatic nitrogens is 2. The summed E-state index contributed by atoms with van der Waals surface area (Å²) in [6, 6.07) is 1.70. The zero-order valence-electron chi connectivity index (χ0n) is 11.5. The zero-order valence-corrected chi connectivity index (χ0v) is 14.7. The van der Waals surface area contributed by atoms with Gasteiger partial charge in [-0.05, 0) is 35.0 Å². The first-order valence-corrected chi connectivity index (χ1v) is 9.58. The molecule has 2 rings (SSSR count). The number of rotatable bonds is 8. The summed E-state index contributed by atoms with van der Waals surface area (Å²) in [5, 5.41) is 3.26. The van der Waals surface area contributed by atoms with E-state index in [1.807, 2.05) is 0 Å². The van der Waals surface area contributed by atoms with Gasteiger partial charge in [0.1, 0.15) is 4.90 Å². The first-order chi connectivity index (χ1) is 10.0. The fourth-order valence-corrected chi connectivity index (χ4v) is 5.35. The number of aromatic amines is 1. The van der Waals surface area contributed by atoms with Crippen LogP contribution in [0, 0.1) is 0 Å². The molecule has 0 aliphatic heterocycles. The lowest BCUT2D eigenvalue weighted by Crippen LogP contribution is -2.23. The molecule has 0 atom stereocenters. The Kier molecular flexibility index (Phi) is 5.94. The van der Waals surface area contributed by atoms with E-state index >= 15 is 0 Å². The Hall–Kier alpha value is -0.740. The van der Waals surface area contributed by atoms with Crippen molar-refractivity contribution in [2.24, 2.45) is 0 Å². The standard InChI is InChI=1S/C12H17BrN4O2S2/c1-2-3-14-7-10-4-11(12(13)20-10)21(18,19)17-6-9-5-15-8-16-9/h4-5,8,14,17H,2-3,6-7H2,1H3,(H,15,16). The molecule has 2 heterocycles. The molecule has 0 fully saturated rings. The molecule has 0 amide bonds. The first kappa shape index (κ1) is 16.6. The average molecular weight is 393 g/mol. The Balaban J connectivity index is 2.05. The minimum atomic E-state index is -3.54. The highest BCUT2D eigenvalue weighted by Crippen LogP contribution is 2.31. The molecule has 0 bridgehead atoms. The van der Waals surface area contributed by atoms with E-state index in [2.05, 4.69) is 42.9 Å². The molecule has 0 saturated carbocycles. The van der Waals surface area contributed by atoms with Gasteiger partial charge in [0.15, 0.2) is 0 Å². The van der Waals surface area contributed by atoms with Gasteiger partial charge >= 0.3 is 0 Å². The second-order valence-corrected chi connectivity index (χ2v) is 8.62. The number of nitrogens with zero attached hydrogens (tertiary/aromatic N) is 1. The van der Waals surface area contributed by atoms with Gasteiger partial charge in [0, 0.05) is 23.3 Å². The Bertz CT molecular complexity index is 667. The smallest absolute Gasteiger partial charge is 0.242 e. The highest BCUT2D eigenvalue weighted by Gasteiger charge is 2.20. The second-order valence-electron chi connectivity index (χ2n) is 4.43. The van der Waals surface area contributed by atoms with Crippen LogP contribution in [0.1, 0.15) is 23.9 Å². The molecule has 0 spiro atoms. The van der Waals surface area contributed by atoms with Gasteiger partial charge < -0.3 is 10.3 Å². The maximum Gasteiger partial charge on any atom is 0.242 e. The third-order valence-electron chi connectivity index (χ3n) is 2.73. The average Bonchev–Trinajstić information content (AvgIpc) is 3.07. The summed E-state index contributed by atoms with van der Waals surface area (Å²) in [5.41, 5.74) is 0.717. The molecule has 0 radical (unpaired) electrons. The molecule has 0 aliphatic carbocycles. The van der Waals surface area contributed by atoms with Crippen molar-refractivity contribution >= 4 is 37.3 Å². The van der Waals surface area contributed by atoms with E-state index in [-0.39, 0.29) is 11.4 Å². The molecule has 3 N–H and O–H groups in total. The summed E-state index contributed by atoms with van der Waals surface area (Å²) in [6.07, 6.45) is 4.15. The normalized spacial score (nSPS) is 11.9. The van der Waals surface area contributed by atoms with E-state index in [4.69, 9.17) is 0 Å². The molecule has 9 heteroatoms. The fourth-order valence-electron chi connectivity index (χ4n) is 1.69. The van der Waals surface area contributed by atoms with Crippen LogP contribution >= 0.6 is 27.3 Å². The van der Waals surface area contributed by atoms with E-state index in [9.17, 15) is 8.42 Å². The molecule has 116 valence electrons. The molecule has 0 aromatic carbocycles. The minimum Gasteiger partial charge on any atom is -0.347 e. The molecular weight excluding hydrogens is 376 g/mol. The highest BCUT2D eigenvalue weighted by molar-refractivity contribution is 9.11. The summed E-state index contributed by atoms with van der Waals surface area (Å²) >= 11 is 4.76. The van der Waals surface area contributed by atoms with Gasteiger partial charge in [0.2, 0.25) is 10.0 Å². The van der Waals surface area contributed by atoms with Crippen molar-refractivity contribution in [3.05, 3.63) is 32.9 Å². The third kappa shape index (κ3) is 4.62. The number of thiophene rings is 1. The number of sulfonamides is 1. The molecule has 2 aromatic rings. The monoisotopic (exact) mass is 392 g/mol. The number of hydrogen-bond acceptors (Lipinski definition) is 5. The Labute approximate surface area is 136 Å². The number of imidazole rings is 1. The summed E-state index contributed by atoms with van der Waals surface area (Å²) in [4.78, 5) is 7.97. The van der Waals surface area contributed by atoms with Crippen LogP contribution in [0.25, 0.3) is 0 Å². The van der Waals surface area contributed by atoms with Crippen molar-refractivity contribution in [2.45, 2.75) is 31.3 Å². The van der Waals surface area contributed by atoms with Crippen LogP contribution in [0.15, 0.2) is 27.3 Å². The van der Waals surface area contributed by atoms with Gasteiger partial charge in [-0.3, -0.25) is 0 Å². The number of hydrogen-bond donors (Lipinski definition) is 3. The number of H-pyrrole nitrogens is 1. The molecule has 0 saturated heterocycles. The van der Waals surface area contributed by atoms with Gasteiger partial charge in [0.05, 0.1) is 16.7 Å². The predicted molar refractivity (Wildman–Crippen MR) is 86.6 cm³/mol. The second kappa shape index (κ2) is 7.50. The Morgan fingerprint density at radius 3 is 2.90 bits per heavy atom. The Morgan fingerprint density at radius 1 is 1.43 bits per heavy atom. The molecule has 2 aromatic heterocycles. The third-order valence-corrected chi connectivity index (χ3v) is 6.38. The summed E-state index contributed by atoms with van der Waals surface area (Å²) in [5.74, 6) is 0. The van der Waals surface area contributed by atoms with E-state index in [1.165, 1.54) is 17.7 Å². The molecule has 6 nitrogen and oxygen atoms in total.